The smallest absolute Gasteiger partial charge is 0.0716 e. The minimum Gasteiger partial charge on any atom is -0.132 e. The first-order valence-corrected chi connectivity index (χ1v) is 7.13. The van der Waals surface area contributed by atoms with E-state index in [1.807, 2.05) is 0 Å². The molecule has 2 aromatic rings. The summed E-state index contributed by atoms with van der Waals surface area (Å²) in [5.74, 6) is 0.571. The molecule has 0 atom stereocenters. The number of thiophene rings is 1. The summed E-state index contributed by atoms with van der Waals surface area (Å²) >= 11 is 13.7. The fourth-order valence-electron chi connectivity index (χ4n) is 1.39. The Hall–Kier alpha value is 0.170. The van der Waals surface area contributed by atoms with Crippen LogP contribution in [-0.2, 0) is 5.88 Å². The number of hydrogen-bond acceptors (Lipinski definition) is 3. The van der Waals surface area contributed by atoms with Gasteiger partial charge in [0, 0.05) is 20.9 Å². The fourth-order valence-corrected chi connectivity index (χ4v) is 4.07. The molecule has 1 aromatic carbocycles. The zero-order valence-corrected chi connectivity index (χ0v) is 10.9. The number of thioether (sulfide) groups is 1. The molecule has 0 aliphatic heterocycles. The lowest BCUT2D eigenvalue weighted by Crippen LogP contribution is -1.76. The van der Waals surface area contributed by atoms with E-state index in [2.05, 4.69) is 37.1 Å². The predicted molar refractivity (Wildman–Crippen MR) is 70.4 cm³/mol. The third kappa shape index (κ3) is 1.78. The summed E-state index contributed by atoms with van der Waals surface area (Å²) in [6.45, 7) is 0. The van der Waals surface area contributed by atoms with E-state index in [4.69, 9.17) is 11.6 Å². The number of thiol groups is 1. The second-order valence-electron chi connectivity index (χ2n) is 2.90. The molecule has 0 saturated carbocycles. The van der Waals surface area contributed by atoms with Crippen molar-refractivity contribution in [2.45, 2.75) is 15.0 Å². The lowest BCUT2D eigenvalue weighted by molar-refractivity contribution is 1.40. The molecule has 1 heterocycles. The minimum atomic E-state index is 0.571. The van der Waals surface area contributed by atoms with Crippen LogP contribution in [0.5, 0.6) is 0 Å². The molecule has 4 heteroatoms. The summed E-state index contributed by atoms with van der Waals surface area (Å²) in [7, 11) is 0. The highest BCUT2D eigenvalue weighted by Gasteiger charge is 2.08. The largest absolute Gasteiger partial charge is 0.132 e. The summed E-state index contributed by atoms with van der Waals surface area (Å²) in [5, 5.41) is 1.28. The molecule has 0 aliphatic carbocycles. The van der Waals surface area contributed by atoms with Gasteiger partial charge in [0.15, 0.2) is 0 Å². The van der Waals surface area contributed by atoms with Gasteiger partial charge in [0.05, 0.1) is 4.21 Å². The van der Waals surface area contributed by atoms with Gasteiger partial charge in [-0.25, -0.2) is 0 Å². The van der Waals surface area contributed by atoms with Crippen LogP contribution in [0.4, 0.5) is 0 Å². The van der Waals surface area contributed by atoms with E-state index >= 15 is 0 Å². The fraction of sp³-hybridized carbons (Fsp3) is 0.200. The maximum Gasteiger partial charge on any atom is 0.0716 e. The van der Waals surface area contributed by atoms with Gasteiger partial charge in [0.25, 0.3) is 0 Å². The van der Waals surface area contributed by atoms with Gasteiger partial charge >= 0.3 is 0 Å². The van der Waals surface area contributed by atoms with Crippen molar-refractivity contribution in [3.05, 3.63) is 23.8 Å². The molecule has 0 fully saturated rings. The first kappa shape index (κ1) is 10.7. The maximum atomic E-state index is 5.81. The van der Waals surface area contributed by atoms with Crippen LogP contribution in [0.1, 0.15) is 5.56 Å². The van der Waals surface area contributed by atoms with Crippen LogP contribution in [0, 0.1) is 0 Å². The SMILES string of the molecule is CSc1c(S)sc2ccc(CCl)cc12. The number of fused-ring (bicyclic) bond motifs is 1. The standard InChI is InChI=1S/C10H9ClS3/c1-13-9-7-4-6(5-11)2-3-8(7)14-10(9)12/h2-4,12H,5H2,1H3. The molecule has 0 amide bonds. The third-order valence-electron chi connectivity index (χ3n) is 2.05. The Kier molecular flexibility index (Phi) is 3.32. The van der Waals surface area contributed by atoms with E-state index < -0.39 is 0 Å². The Bertz CT molecular complexity index is 462. The normalized spacial score (nSPS) is 11.1. The van der Waals surface area contributed by atoms with E-state index in [0.717, 1.165) is 4.21 Å². The van der Waals surface area contributed by atoms with Crippen molar-refractivity contribution in [3.8, 4) is 0 Å². The molecule has 0 unspecified atom stereocenters. The van der Waals surface area contributed by atoms with E-state index in [0.29, 0.717) is 5.88 Å². The molecule has 0 bridgehead atoms. The minimum absolute atomic E-state index is 0.571. The number of rotatable bonds is 2. The molecule has 0 spiro atoms. The van der Waals surface area contributed by atoms with E-state index in [-0.39, 0.29) is 0 Å². The first-order chi connectivity index (χ1) is 6.76. The number of alkyl halides is 1. The summed E-state index contributed by atoms with van der Waals surface area (Å²) in [4.78, 5) is 1.26. The first-order valence-electron chi connectivity index (χ1n) is 4.10. The second kappa shape index (κ2) is 4.35. The van der Waals surface area contributed by atoms with Gasteiger partial charge in [-0.2, -0.15) is 0 Å². The molecule has 74 valence electrons. The van der Waals surface area contributed by atoms with Crippen LogP contribution >= 0.6 is 47.3 Å². The van der Waals surface area contributed by atoms with Gasteiger partial charge < -0.3 is 0 Å². The zero-order chi connectivity index (χ0) is 10.1. The average molecular weight is 261 g/mol. The van der Waals surface area contributed by atoms with Crippen molar-refractivity contribution in [1.29, 1.82) is 0 Å². The summed E-state index contributed by atoms with van der Waals surface area (Å²) < 4.78 is 2.38. The van der Waals surface area contributed by atoms with Gasteiger partial charge in [-0.15, -0.1) is 47.3 Å². The predicted octanol–water partition coefficient (Wildman–Crippen LogP) is 4.65. The molecule has 2 rings (SSSR count). The van der Waals surface area contributed by atoms with Crippen LogP contribution in [0.3, 0.4) is 0 Å². The van der Waals surface area contributed by atoms with E-state index in [1.165, 1.54) is 20.5 Å². The Labute approximate surface area is 102 Å². The summed E-state index contributed by atoms with van der Waals surface area (Å²) in [6, 6.07) is 6.35. The van der Waals surface area contributed by atoms with E-state index in [1.54, 1.807) is 23.1 Å². The van der Waals surface area contributed by atoms with Gasteiger partial charge in [0.2, 0.25) is 0 Å². The third-order valence-corrected chi connectivity index (χ3v) is 4.94. The molecule has 0 radical (unpaired) electrons. The molecular weight excluding hydrogens is 252 g/mol. The van der Waals surface area contributed by atoms with E-state index in [9.17, 15) is 0 Å². The van der Waals surface area contributed by atoms with Gasteiger partial charge in [-0.3, -0.25) is 0 Å². The van der Waals surface area contributed by atoms with Gasteiger partial charge in [-0.1, -0.05) is 6.07 Å². The molecule has 0 aliphatic rings. The van der Waals surface area contributed by atoms with Crippen molar-refractivity contribution >= 4 is 57.4 Å². The molecule has 0 N–H and O–H groups in total. The van der Waals surface area contributed by atoms with Crippen LogP contribution in [0.15, 0.2) is 27.3 Å². The second-order valence-corrected chi connectivity index (χ2v) is 5.79. The van der Waals surface area contributed by atoms with Crippen LogP contribution < -0.4 is 0 Å². The average Bonchev–Trinajstić information content (AvgIpc) is 2.52. The number of benzene rings is 1. The molecule has 0 nitrogen and oxygen atoms in total. The Morgan fingerprint density at radius 3 is 2.93 bits per heavy atom. The maximum absolute atomic E-state index is 5.81. The van der Waals surface area contributed by atoms with Crippen LogP contribution in [-0.4, -0.2) is 6.26 Å². The topological polar surface area (TPSA) is 0 Å². The quantitative estimate of drug-likeness (QED) is 0.466. The molecule has 0 saturated heterocycles. The number of halogens is 1. The number of hydrogen-bond donors (Lipinski definition) is 1. The van der Waals surface area contributed by atoms with Gasteiger partial charge in [-0.05, 0) is 24.0 Å². The highest BCUT2D eigenvalue weighted by molar-refractivity contribution is 7.99. The Morgan fingerprint density at radius 2 is 2.29 bits per heavy atom. The lowest BCUT2D eigenvalue weighted by atomic mass is 10.2. The van der Waals surface area contributed by atoms with Crippen molar-refractivity contribution in [2.75, 3.05) is 6.26 Å². The van der Waals surface area contributed by atoms with Crippen LogP contribution in [0.25, 0.3) is 10.1 Å². The van der Waals surface area contributed by atoms with Crippen molar-refractivity contribution in [2.24, 2.45) is 0 Å². The lowest BCUT2D eigenvalue weighted by Gasteiger charge is -1.97. The highest BCUT2D eigenvalue weighted by atomic mass is 35.5. The van der Waals surface area contributed by atoms with Gasteiger partial charge in [0.1, 0.15) is 0 Å². The van der Waals surface area contributed by atoms with Crippen molar-refractivity contribution in [1.82, 2.24) is 0 Å². The Morgan fingerprint density at radius 1 is 1.50 bits per heavy atom. The summed E-state index contributed by atoms with van der Waals surface area (Å²) in [6.07, 6.45) is 2.08. The Balaban J connectivity index is 2.71. The van der Waals surface area contributed by atoms with Crippen LogP contribution in [0.2, 0.25) is 0 Å². The summed E-state index contributed by atoms with van der Waals surface area (Å²) in [5.41, 5.74) is 1.17. The highest BCUT2D eigenvalue weighted by Crippen LogP contribution is 2.39. The monoisotopic (exact) mass is 260 g/mol. The molecule has 1 aromatic heterocycles. The van der Waals surface area contributed by atoms with Crippen molar-refractivity contribution < 1.29 is 0 Å². The zero-order valence-electron chi connectivity index (χ0n) is 7.58. The molecular formula is C10H9ClS3. The molecule has 14 heavy (non-hydrogen) atoms. The van der Waals surface area contributed by atoms with Crippen molar-refractivity contribution in [3.63, 3.8) is 0 Å².